The second-order valence-corrected chi connectivity index (χ2v) is 6.07. The molecule has 3 nitrogen and oxygen atoms in total. The van der Waals surface area contributed by atoms with Crippen molar-refractivity contribution in [3.05, 3.63) is 59.4 Å². The fraction of sp³-hybridized carbons (Fsp3) is 0.286. The van der Waals surface area contributed by atoms with Gasteiger partial charge in [0.1, 0.15) is 5.82 Å². The summed E-state index contributed by atoms with van der Waals surface area (Å²) in [5.74, 6) is 5.13. The first-order valence-electron chi connectivity index (χ1n) is 8.65. The number of rotatable bonds is 8. The average molecular weight is 339 g/mol. The summed E-state index contributed by atoms with van der Waals surface area (Å²) in [4.78, 5) is 0. The molecule has 2 rings (SSSR count). The molecule has 0 aromatic heterocycles. The zero-order chi connectivity index (χ0) is 18.2. The van der Waals surface area contributed by atoms with E-state index in [1.807, 2.05) is 25.1 Å². The Morgan fingerprint density at radius 1 is 1.28 bits per heavy atom. The van der Waals surface area contributed by atoms with Gasteiger partial charge in [-0.2, -0.15) is 5.10 Å². The first-order valence-corrected chi connectivity index (χ1v) is 8.65. The summed E-state index contributed by atoms with van der Waals surface area (Å²) in [6, 6.07) is 8.98. The number of benzene rings is 2. The molecule has 132 valence electrons. The van der Waals surface area contributed by atoms with Gasteiger partial charge in [-0.1, -0.05) is 44.6 Å². The van der Waals surface area contributed by atoms with Gasteiger partial charge in [-0.3, -0.25) is 0 Å². The average Bonchev–Trinajstić information content (AvgIpc) is 2.59. The first-order chi connectivity index (χ1) is 12.1. The number of nitrogens with zero attached hydrogens (tertiary/aromatic N) is 1. The van der Waals surface area contributed by atoms with Gasteiger partial charge in [0.15, 0.2) is 0 Å². The molecule has 0 bridgehead atoms. The molecule has 0 aliphatic heterocycles. The van der Waals surface area contributed by atoms with Gasteiger partial charge in [0.25, 0.3) is 0 Å². The molecule has 0 spiro atoms. The number of hydrazone groups is 1. The van der Waals surface area contributed by atoms with Crippen molar-refractivity contribution in [2.45, 2.75) is 33.1 Å². The molecule has 4 heteroatoms. The maximum atomic E-state index is 14.4. The largest absolute Gasteiger partial charge is 0.385 e. The summed E-state index contributed by atoms with van der Waals surface area (Å²) in [7, 11) is 0. The van der Waals surface area contributed by atoms with Crippen LogP contribution in [0.1, 0.15) is 42.9 Å². The van der Waals surface area contributed by atoms with Crippen LogP contribution in [0.15, 0.2) is 42.0 Å². The van der Waals surface area contributed by atoms with E-state index in [0.717, 1.165) is 47.3 Å². The van der Waals surface area contributed by atoms with Crippen LogP contribution in [0.4, 0.5) is 10.1 Å². The van der Waals surface area contributed by atoms with E-state index in [0.29, 0.717) is 5.56 Å². The molecular formula is C21H26FN3. The number of aryl methyl sites for hydroxylation is 1. The molecular weight excluding hydrogens is 313 g/mol. The van der Waals surface area contributed by atoms with Gasteiger partial charge in [-0.05, 0) is 42.7 Å². The third-order valence-electron chi connectivity index (χ3n) is 4.24. The topological polar surface area (TPSA) is 50.4 Å². The lowest BCUT2D eigenvalue weighted by molar-refractivity contribution is 0.630. The molecule has 0 unspecified atom stereocenters. The molecule has 0 saturated carbocycles. The Hall–Kier alpha value is -2.62. The Balaban J connectivity index is 2.54. The van der Waals surface area contributed by atoms with Gasteiger partial charge in [0.2, 0.25) is 0 Å². The lowest BCUT2D eigenvalue weighted by atomic mass is 9.94. The quantitative estimate of drug-likeness (QED) is 0.295. The second-order valence-electron chi connectivity index (χ2n) is 6.07. The summed E-state index contributed by atoms with van der Waals surface area (Å²) in [5.41, 5.74) is 4.94. The summed E-state index contributed by atoms with van der Waals surface area (Å²) < 4.78 is 14.4. The fourth-order valence-electron chi connectivity index (χ4n) is 2.98. The highest BCUT2D eigenvalue weighted by molar-refractivity contribution is 5.92. The van der Waals surface area contributed by atoms with Gasteiger partial charge >= 0.3 is 0 Å². The van der Waals surface area contributed by atoms with Crippen LogP contribution in [0.2, 0.25) is 0 Å². The maximum Gasteiger partial charge on any atom is 0.131 e. The van der Waals surface area contributed by atoms with E-state index in [-0.39, 0.29) is 5.82 Å². The molecule has 0 atom stereocenters. The Labute approximate surface area is 149 Å². The van der Waals surface area contributed by atoms with Crippen LogP contribution >= 0.6 is 0 Å². The van der Waals surface area contributed by atoms with E-state index < -0.39 is 0 Å². The molecule has 0 aliphatic carbocycles. The number of unbranched alkanes of at least 4 members (excludes halogenated alkanes) is 2. The van der Waals surface area contributed by atoms with Crippen molar-refractivity contribution in [1.82, 2.24) is 0 Å². The number of nitrogens with two attached hydrogens (primary N) is 1. The van der Waals surface area contributed by atoms with Gasteiger partial charge in [-0.15, -0.1) is 0 Å². The minimum atomic E-state index is -0.237. The van der Waals surface area contributed by atoms with E-state index in [2.05, 4.69) is 23.9 Å². The van der Waals surface area contributed by atoms with Crippen LogP contribution in [0.3, 0.4) is 0 Å². The standard InChI is InChI=1S/C21H26FN3/c1-4-6-7-11-24-20-13-16(12-17(14-25-23)18(20)5-2)21-15(3)9-8-10-19(21)22/h5,8-10,12-14,24H,2,4,6-7,11,23H2,1,3H3/b25-14-. The van der Waals surface area contributed by atoms with Gasteiger partial charge < -0.3 is 11.2 Å². The minimum Gasteiger partial charge on any atom is -0.385 e. The molecule has 0 aliphatic rings. The molecule has 0 radical (unpaired) electrons. The van der Waals surface area contributed by atoms with Crippen LogP contribution in [0.5, 0.6) is 0 Å². The second kappa shape index (κ2) is 9.02. The maximum absolute atomic E-state index is 14.4. The zero-order valence-electron chi connectivity index (χ0n) is 15.0. The Morgan fingerprint density at radius 2 is 2.08 bits per heavy atom. The van der Waals surface area contributed by atoms with Crippen molar-refractivity contribution >= 4 is 18.0 Å². The highest BCUT2D eigenvalue weighted by Crippen LogP contribution is 2.32. The molecule has 2 aromatic carbocycles. The molecule has 0 saturated heterocycles. The number of nitrogens with one attached hydrogen (secondary N) is 1. The van der Waals surface area contributed by atoms with E-state index in [9.17, 15) is 4.39 Å². The van der Waals surface area contributed by atoms with Crippen molar-refractivity contribution in [2.24, 2.45) is 10.9 Å². The predicted molar refractivity (Wildman–Crippen MR) is 106 cm³/mol. The molecule has 0 heterocycles. The van der Waals surface area contributed by atoms with E-state index in [4.69, 9.17) is 5.84 Å². The predicted octanol–water partition coefficient (Wildman–Crippen LogP) is 5.34. The zero-order valence-corrected chi connectivity index (χ0v) is 15.0. The summed E-state index contributed by atoms with van der Waals surface area (Å²) in [6.45, 7) is 8.84. The Kier molecular flexibility index (Phi) is 6.75. The molecule has 25 heavy (non-hydrogen) atoms. The number of halogens is 1. The van der Waals surface area contributed by atoms with Gasteiger partial charge in [0, 0.05) is 28.9 Å². The highest BCUT2D eigenvalue weighted by atomic mass is 19.1. The normalized spacial score (nSPS) is 11.0. The van der Waals surface area contributed by atoms with Crippen LogP contribution < -0.4 is 11.2 Å². The first kappa shape index (κ1) is 18.7. The summed E-state index contributed by atoms with van der Waals surface area (Å²) in [6.07, 6.45) is 6.76. The molecule has 2 aromatic rings. The van der Waals surface area contributed by atoms with Crippen LogP contribution in [0.25, 0.3) is 17.2 Å². The SMILES string of the molecule is C=Cc1c(/C=N\N)cc(-c2c(C)cccc2F)cc1NCCCCC. The highest BCUT2D eigenvalue weighted by Gasteiger charge is 2.13. The van der Waals surface area contributed by atoms with E-state index in [1.54, 1.807) is 18.4 Å². The van der Waals surface area contributed by atoms with Crippen LogP contribution in [-0.4, -0.2) is 12.8 Å². The lowest BCUT2D eigenvalue weighted by Crippen LogP contribution is -2.06. The molecule has 0 fully saturated rings. The van der Waals surface area contributed by atoms with Crippen molar-refractivity contribution in [2.75, 3.05) is 11.9 Å². The molecule has 3 N–H and O–H groups in total. The number of hydrogen-bond acceptors (Lipinski definition) is 3. The minimum absolute atomic E-state index is 0.237. The Morgan fingerprint density at radius 3 is 2.72 bits per heavy atom. The molecule has 0 amide bonds. The lowest BCUT2D eigenvalue weighted by Gasteiger charge is -2.16. The fourth-order valence-corrected chi connectivity index (χ4v) is 2.98. The van der Waals surface area contributed by atoms with Crippen molar-refractivity contribution < 1.29 is 4.39 Å². The number of hydrogen-bond donors (Lipinski definition) is 2. The summed E-state index contributed by atoms with van der Waals surface area (Å²) in [5, 5.41) is 7.10. The van der Waals surface area contributed by atoms with Crippen molar-refractivity contribution in [3.8, 4) is 11.1 Å². The summed E-state index contributed by atoms with van der Waals surface area (Å²) >= 11 is 0. The van der Waals surface area contributed by atoms with Crippen molar-refractivity contribution in [1.29, 1.82) is 0 Å². The Bertz CT molecular complexity index is 746. The third-order valence-corrected chi connectivity index (χ3v) is 4.24. The van der Waals surface area contributed by atoms with Gasteiger partial charge in [0.05, 0.1) is 6.21 Å². The van der Waals surface area contributed by atoms with Crippen LogP contribution in [-0.2, 0) is 0 Å². The number of anilines is 1. The van der Waals surface area contributed by atoms with E-state index >= 15 is 0 Å². The van der Waals surface area contributed by atoms with E-state index in [1.165, 1.54) is 12.5 Å². The smallest absolute Gasteiger partial charge is 0.131 e. The van der Waals surface area contributed by atoms with Crippen molar-refractivity contribution in [3.63, 3.8) is 0 Å². The monoisotopic (exact) mass is 339 g/mol. The van der Waals surface area contributed by atoms with Crippen LogP contribution in [0, 0.1) is 12.7 Å². The third kappa shape index (κ3) is 4.47. The van der Waals surface area contributed by atoms with Gasteiger partial charge in [-0.25, -0.2) is 4.39 Å².